The molecule has 0 fully saturated rings. The largest absolute Gasteiger partial charge is 0.336 e. The number of anilines is 1. The number of aromatic nitrogens is 2. The number of nitrogens with one attached hydrogen (secondary N) is 1. The molecule has 6 nitrogen and oxygen atoms in total. The maximum Gasteiger partial charge on any atom is 0.336 e. The highest BCUT2D eigenvalue weighted by Gasteiger charge is 2.17. The summed E-state index contributed by atoms with van der Waals surface area (Å²) < 4.78 is 15.9. The SMILES string of the molecule is CCc1ccc(NC(=O)Cn2c(=O)n(-c3ccc(F)cc3)c(=O)c3sccc32)cc1. The quantitative estimate of drug-likeness (QED) is 0.534. The predicted molar refractivity (Wildman–Crippen MR) is 116 cm³/mol. The second-order valence-electron chi connectivity index (χ2n) is 6.72. The molecule has 2 aromatic heterocycles. The van der Waals surface area contributed by atoms with Gasteiger partial charge in [-0.3, -0.25) is 14.2 Å². The van der Waals surface area contributed by atoms with E-state index >= 15 is 0 Å². The molecule has 0 saturated heterocycles. The number of benzene rings is 2. The van der Waals surface area contributed by atoms with Crippen molar-refractivity contribution in [1.29, 1.82) is 0 Å². The zero-order valence-corrected chi connectivity index (χ0v) is 16.9. The Morgan fingerprint density at radius 3 is 2.40 bits per heavy atom. The predicted octanol–water partition coefficient (Wildman–Crippen LogP) is 3.55. The van der Waals surface area contributed by atoms with Crippen molar-refractivity contribution >= 4 is 33.1 Å². The lowest BCUT2D eigenvalue weighted by atomic mass is 10.1. The van der Waals surface area contributed by atoms with E-state index < -0.39 is 23.0 Å². The number of hydrogen-bond acceptors (Lipinski definition) is 4. The number of aryl methyl sites for hydroxylation is 1. The molecular formula is C22H18FN3O3S. The van der Waals surface area contributed by atoms with E-state index in [1.807, 2.05) is 19.1 Å². The van der Waals surface area contributed by atoms with E-state index in [1.165, 1.54) is 40.2 Å². The highest BCUT2D eigenvalue weighted by Crippen LogP contribution is 2.17. The third-order valence-electron chi connectivity index (χ3n) is 4.79. The molecule has 0 aliphatic heterocycles. The lowest BCUT2D eigenvalue weighted by Gasteiger charge is -2.12. The van der Waals surface area contributed by atoms with Crippen LogP contribution in [-0.4, -0.2) is 15.0 Å². The molecule has 4 rings (SSSR count). The van der Waals surface area contributed by atoms with Crippen LogP contribution in [0.5, 0.6) is 0 Å². The maximum absolute atomic E-state index is 13.3. The molecule has 8 heteroatoms. The lowest BCUT2D eigenvalue weighted by molar-refractivity contribution is -0.116. The number of halogens is 1. The Kier molecular flexibility index (Phi) is 5.33. The first kappa shape index (κ1) is 19.8. The Hall–Kier alpha value is -3.52. The molecule has 0 radical (unpaired) electrons. The fourth-order valence-corrected chi connectivity index (χ4v) is 4.05. The molecule has 0 saturated carbocycles. The summed E-state index contributed by atoms with van der Waals surface area (Å²) in [5.74, 6) is -0.865. The number of amides is 1. The highest BCUT2D eigenvalue weighted by atomic mass is 32.1. The number of fused-ring (bicyclic) bond motifs is 1. The molecule has 4 aromatic rings. The van der Waals surface area contributed by atoms with Gasteiger partial charge >= 0.3 is 5.69 Å². The number of carbonyl (C=O) groups is 1. The zero-order valence-electron chi connectivity index (χ0n) is 16.1. The van der Waals surface area contributed by atoms with Crippen LogP contribution in [0.15, 0.2) is 69.6 Å². The van der Waals surface area contributed by atoms with Gasteiger partial charge in [-0.05, 0) is 59.8 Å². The van der Waals surface area contributed by atoms with Crippen molar-refractivity contribution in [3.63, 3.8) is 0 Å². The first-order valence-corrected chi connectivity index (χ1v) is 10.2. The molecule has 1 N–H and O–H groups in total. The van der Waals surface area contributed by atoms with Gasteiger partial charge in [-0.1, -0.05) is 19.1 Å². The summed E-state index contributed by atoms with van der Waals surface area (Å²) in [7, 11) is 0. The number of hydrogen-bond donors (Lipinski definition) is 1. The average molecular weight is 423 g/mol. The molecule has 0 bridgehead atoms. The topological polar surface area (TPSA) is 73.1 Å². The maximum atomic E-state index is 13.3. The minimum atomic E-state index is -0.658. The van der Waals surface area contributed by atoms with E-state index in [0.29, 0.717) is 15.9 Å². The molecular weight excluding hydrogens is 405 g/mol. The first-order chi connectivity index (χ1) is 14.5. The van der Waals surface area contributed by atoms with E-state index in [2.05, 4.69) is 5.32 Å². The normalized spacial score (nSPS) is 11.0. The van der Waals surface area contributed by atoms with Crippen molar-refractivity contribution in [2.24, 2.45) is 0 Å². The highest BCUT2D eigenvalue weighted by molar-refractivity contribution is 7.17. The monoisotopic (exact) mass is 423 g/mol. The Balaban J connectivity index is 1.73. The number of thiophene rings is 1. The second kappa shape index (κ2) is 8.08. The van der Waals surface area contributed by atoms with Gasteiger partial charge in [0, 0.05) is 5.69 Å². The Labute approximate surface area is 174 Å². The van der Waals surface area contributed by atoms with E-state index in [-0.39, 0.29) is 12.2 Å². The number of carbonyl (C=O) groups excluding carboxylic acids is 1. The van der Waals surface area contributed by atoms with Gasteiger partial charge in [0.05, 0.1) is 11.2 Å². The molecule has 0 unspecified atom stereocenters. The smallest absolute Gasteiger partial charge is 0.325 e. The average Bonchev–Trinajstić information content (AvgIpc) is 3.23. The zero-order chi connectivity index (χ0) is 21.3. The molecule has 0 atom stereocenters. The van der Waals surface area contributed by atoms with Crippen LogP contribution in [0.25, 0.3) is 15.9 Å². The van der Waals surface area contributed by atoms with Crippen LogP contribution < -0.4 is 16.6 Å². The van der Waals surface area contributed by atoms with Gasteiger partial charge in [0.15, 0.2) is 0 Å². The van der Waals surface area contributed by atoms with Gasteiger partial charge in [-0.15, -0.1) is 11.3 Å². The van der Waals surface area contributed by atoms with Crippen molar-refractivity contribution < 1.29 is 9.18 Å². The molecule has 1 amide bonds. The molecule has 30 heavy (non-hydrogen) atoms. The van der Waals surface area contributed by atoms with Crippen LogP contribution in [0.3, 0.4) is 0 Å². The lowest BCUT2D eigenvalue weighted by Crippen LogP contribution is -2.40. The molecule has 0 aliphatic carbocycles. The standard InChI is InChI=1S/C22H18FN3O3S/c1-2-14-3-7-16(8-4-14)24-19(27)13-25-18-11-12-30-20(18)21(28)26(22(25)29)17-9-5-15(23)6-10-17/h3-12H,2,13H2,1H3,(H,24,27). The minimum Gasteiger partial charge on any atom is -0.325 e. The molecule has 0 aliphatic rings. The third-order valence-corrected chi connectivity index (χ3v) is 5.68. The first-order valence-electron chi connectivity index (χ1n) is 9.35. The van der Waals surface area contributed by atoms with Crippen LogP contribution >= 0.6 is 11.3 Å². The van der Waals surface area contributed by atoms with Gasteiger partial charge < -0.3 is 5.32 Å². The molecule has 2 heterocycles. The van der Waals surface area contributed by atoms with Crippen molar-refractivity contribution in [2.45, 2.75) is 19.9 Å². The van der Waals surface area contributed by atoms with E-state index in [9.17, 15) is 18.8 Å². The van der Waals surface area contributed by atoms with Crippen molar-refractivity contribution in [3.8, 4) is 5.69 Å². The fourth-order valence-electron chi connectivity index (χ4n) is 3.23. The van der Waals surface area contributed by atoms with Crippen molar-refractivity contribution in [1.82, 2.24) is 9.13 Å². The van der Waals surface area contributed by atoms with Crippen molar-refractivity contribution in [2.75, 3.05) is 5.32 Å². The molecule has 2 aromatic carbocycles. The summed E-state index contributed by atoms with van der Waals surface area (Å²) in [6.07, 6.45) is 0.894. The Morgan fingerprint density at radius 1 is 1.03 bits per heavy atom. The fraction of sp³-hybridized carbons (Fsp3) is 0.136. The van der Waals surface area contributed by atoms with E-state index in [4.69, 9.17) is 0 Å². The molecule has 152 valence electrons. The summed E-state index contributed by atoms with van der Waals surface area (Å²) in [6.45, 7) is 1.78. The summed E-state index contributed by atoms with van der Waals surface area (Å²) in [5.41, 5.74) is 1.25. The van der Waals surface area contributed by atoms with Crippen molar-refractivity contribution in [3.05, 3.63) is 92.2 Å². The van der Waals surface area contributed by atoms with E-state index in [0.717, 1.165) is 16.6 Å². The Bertz CT molecular complexity index is 1340. The minimum absolute atomic E-state index is 0.242. The van der Waals surface area contributed by atoms with Gasteiger partial charge in [0.25, 0.3) is 5.56 Å². The summed E-state index contributed by atoms with van der Waals surface area (Å²) in [4.78, 5) is 38.6. The van der Waals surface area contributed by atoms with Gasteiger partial charge in [-0.2, -0.15) is 0 Å². The second-order valence-corrected chi connectivity index (χ2v) is 7.64. The third kappa shape index (κ3) is 3.69. The van der Waals surface area contributed by atoms with Crippen LogP contribution in [0.2, 0.25) is 0 Å². The van der Waals surface area contributed by atoms with Gasteiger partial charge in [-0.25, -0.2) is 13.8 Å². The number of rotatable bonds is 5. The van der Waals surface area contributed by atoms with Crippen LogP contribution in [-0.2, 0) is 17.8 Å². The van der Waals surface area contributed by atoms with E-state index in [1.54, 1.807) is 23.6 Å². The summed E-state index contributed by atoms with van der Waals surface area (Å²) >= 11 is 1.19. The van der Waals surface area contributed by atoms with Crippen LogP contribution in [0.4, 0.5) is 10.1 Å². The van der Waals surface area contributed by atoms with Gasteiger partial charge in [0.1, 0.15) is 17.1 Å². The Morgan fingerprint density at radius 2 is 1.73 bits per heavy atom. The van der Waals surface area contributed by atoms with Gasteiger partial charge in [0.2, 0.25) is 5.91 Å². The van der Waals surface area contributed by atoms with Crippen LogP contribution in [0, 0.1) is 5.82 Å². The summed E-state index contributed by atoms with van der Waals surface area (Å²) in [6, 6.07) is 14.2. The summed E-state index contributed by atoms with van der Waals surface area (Å²) in [5, 5.41) is 4.47. The molecule has 0 spiro atoms. The number of nitrogens with zero attached hydrogens (tertiary/aromatic N) is 2. The van der Waals surface area contributed by atoms with Crippen LogP contribution in [0.1, 0.15) is 12.5 Å².